The summed E-state index contributed by atoms with van der Waals surface area (Å²) in [5.74, 6) is 0.437. The normalized spacial score (nSPS) is 18.7. The Morgan fingerprint density at radius 3 is 1.35 bits per heavy atom. The second-order valence-corrected chi connectivity index (χ2v) is 7.29. The van der Waals surface area contributed by atoms with Crippen LogP contribution < -0.4 is 0 Å². The van der Waals surface area contributed by atoms with Gasteiger partial charge in [-0.15, -0.1) is 0 Å². The molecule has 126 valence electrons. The van der Waals surface area contributed by atoms with Gasteiger partial charge >= 0.3 is 0 Å². The lowest BCUT2D eigenvalue weighted by atomic mass is 9.60. The molecule has 3 aromatic rings. The van der Waals surface area contributed by atoms with Gasteiger partial charge in [-0.25, -0.2) is 0 Å². The zero-order valence-electron chi connectivity index (χ0n) is 14.7. The molecule has 2 unspecified atom stereocenters. The van der Waals surface area contributed by atoms with Gasteiger partial charge in [0.15, 0.2) is 11.6 Å². The molecule has 0 heterocycles. The van der Waals surface area contributed by atoms with E-state index >= 15 is 0 Å². The monoisotopic (exact) mass is 338 g/mol. The molecule has 0 amide bonds. The second-order valence-electron chi connectivity index (χ2n) is 7.29. The number of hydrogen-bond acceptors (Lipinski definition) is 2. The molecule has 0 radical (unpaired) electrons. The Kier molecular flexibility index (Phi) is 3.08. The van der Waals surface area contributed by atoms with Gasteiger partial charge in [-0.3, -0.25) is 9.59 Å². The molecule has 2 heteroatoms. The van der Waals surface area contributed by atoms with E-state index < -0.39 is 0 Å². The fourth-order valence-electron chi connectivity index (χ4n) is 4.66. The molecule has 3 aliphatic carbocycles. The third-order valence-corrected chi connectivity index (χ3v) is 5.85. The first-order valence-corrected chi connectivity index (χ1v) is 8.94. The molecule has 0 saturated heterocycles. The predicted molar refractivity (Wildman–Crippen MR) is 101 cm³/mol. The van der Waals surface area contributed by atoms with Crippen molar-refractivity contribution in [3.63, 3.8) is 0 Å². The summed E-state index contributed by atoms with van der Waals surface area (Å²) in [5.41, 5.74) is 9.11. The van der Waals surface area contributed by atoms with E-state index in [0.717, 1.165) is 11.1 Å². The third-order valence-electron chi connectivity index (χ3n) is 5.85. The quantitative estimate of drug-likeness (QED) is 0.421. The van der Waals surface area contributed by atoms with Gasteiger partial charge in [0.25, 0.3) is 0 Å². The van der Waals surface area contributed by atoms with Gasteiger partial charge in [-0.1, -0.05) is 48.5 Å². The zero-order valence-corrected chi connectivity index (χ0v) is 14.7. The van der Waals surface area contributed by atoms with Crippen LogP contribution in [0.15, 0.2) is 60.7 Å². The fraction of sp³-hybridized carbons (Fsp3) is 0.167. The minimum absolute atomic E-state index is 0.0923. The summed E-state index contributed by atoms with van der Waals surface area (Å²) in [5, 5.41) is 0. The van der Waals surface area contributed by atoms with Gasteiger partial charge in [-0.2, -0.15) is 0 Å². The molecule has 0 aliphatic heterocycles. The lowest BCUT2D eigenvalue weighted by Gasteiger charge is -2.42. The van der Waals surface area contributed by atoms with Crippen molar-refractivity contribution < 1.29 is 9.59 Å². The molecule has 6 rings (SSSR count). The molecule has 0 spiro atoms. The van der Waals surface area contributed by atoms with Crippen molar-refractivity contribution in [2.45, 2.75) is 25.7 Å². The molecule has 3 aromatic carbocycles. The zero-order chi connectivity index (χ0) is 18.0. The van der Waals surface area contributed by atoms with Crippen molar-refractivity contribution in [2.24, 2.45) is 0 Å². The van der Waals surface area contributed by atoms with Crippen LogP contribution in [0, 0.1) is 0 Å². The van der Waals surface area contributed by atoms with E-state index in [1.807, 2.05) is 12.1 Å². The molecule has 0 N–H and O–H groups in total. The van der Waals surface area contributed by atoms with E-state index in [1.165, 1.54) is 33.4 Å². The van der Waals surface area contributed by atoms with Gasteiger partial charge in [0.1, 0.15) is 0 Å². The van der Waals surface area contributed by atoms with Crippen molar-refractivity contribution in [3.8, 4) is 0 Å². The molecule has 0 aromatic heterocycles. The summed E-state index contributed by atoms with van der Waals surface area (Å²) in [6.07, 6.45) is 0. The second kappa shape index (κ2) is 5.25. The number of carbonyl (C=O) groups excluding carboxylic acids is 2. The third kappa shape index (κ3) is 1.93. The van der Waals surface area contributed by atoms with Crippen LogP contribution in [0.2, 0.25) is 0 Å². The van der Waals surface area contributed by atoms with Crippen molar-refractivity contribution >= 4 is 11.6 Å². The van der Waals surface area contributed by atoms with Gasteiger partial charge in [0, 0.05) is 23.0 Å². The van der Waals surface area contributed by atoms with E-state index in [2.05, 4.69) is 48.5 Å². The Morgan fingerprint density at radius 1 is 0.577 bits per heavy atom. The van der Waals surface area contributed by atoms with Crippen LogP contribution in [-0.2, 0) is 0 Å². The predicted octanol–water partition coefficient (Wildman–Crippen LogP) is 5.08. The lowest BCUT2D eigenvalue weighted by molar-refractivity contribution is 0.100. The first-order valence-electron chi connectivity index (χ1n) is 8.94. The van der Waals surface area contributed by atoms with Gasteiger partial charge in [0.2, 0.25) is 0 Å². The van der Waals surface area contributed by atoms with E-state index in [4.69, 9.17) is 0 Å². The molecule has 2 atom stereocenters. The number of Topliss-reactive ketones (excluding diaryl/α,β-unsaturated/α-hetero) is 2. The molecule has 2 nitrogen and oxygen atoms in total. The highest BCUT2D eigenvalue weighted by atomic mass is 16.1. The van der Waals surface area contributed by atoms with Crippen molar-refractivity contribution in [2.75, 3.05) is 0 Å². The van der Waals surface area contributed by atoms with E-state index in [9.17, 15) is 9.59 Å². The SMILES string of the molecule is CC(=O)c1ccc2c(c1)C1c3ccccc3C2c2cc(C(C)=O)ccc21. The van der Waals surface area contributed by atoms with Crippen LogP contribution in [0.1, 0.15) is 79.8 Å². The van der Waals surface area contributed by atoms with Crippen LogP contribution in [0.4, 0.5) is 0 Å². The van der Waals surface area contributed by atoms with Crippen LogP contribution in [0.25, 0.3) is 0 Å². The molecule has 0 fully saturated rings. The molecule has 2 bridgehead atoms. The minimum Gasteiger partial charge on any atom is -0.295 e. The Morgan fingerprint density at radius 2 is 0.962 bits per heavy atom. The van der Waals surface area contributed by atoms with Crippen molar-refractivity contribution in [3.05, 3.63) is 105 Å². The number of benzene rings is 3. The van der Waals surface area contributed by atoms with Crippen LogP contribution in [-0.4, -0.2) is 11.6 Å². The average molecular weight is 338 g/mol. The maximum atomic E-state index is 11.9. The largest absolute Gasteiger partial charge is 0.295 e. The molecule has 26 heavy (non-hydrogen) atoms. The van der Waals surface area contributed by atoms with Gasteiger partial charge in [-0.05, 0) is 59.4 Å². The summed E-state index contributed by atoms with van der Waals surface area (Å²) >= 11 is 0. The number of rotatable bonds is 2. The Balaban J connectivity index is 1.83. The molecule has 3 aliphatic rings. The highest BCUT2D eigenvalue weighted by molar-refractivity contribution is 5.95. The van der Waals surface area contributed by atoms with Crippen LogP contribution >= 0.6 is 0 Å². The van der Waals surface area contributed by atoms with E-state index in [-0.39, 0.29) is 23.4 Å². The van der Waals surface area contributed by atoms with Gasteiger partial charge < -0.3 is 0 Å². The summed E-state index contributed by atoms with van der Waals surface area (Å²) < 4.78 is 0. The molecule has 0 saturated carbocycles. The maximum absolute atomic E-state index is 11.9. The Labute approximate surface area is 152 Å². The standard InChI is InChI=1S/C24H18O2/c1-13(25)15-7-9-19-21(11-15)23-17-5-3-4-6-18(17)24(19)22-12-16(14(2)26)8-10-20(22)23/h3-12,23-24H,1-2H3. The number of carbonyl (C=O) groups is 2. The first-order chi connectivity index (χ1) is 12.6. The summed E-state index contributed by atoms with van der Waals surface area (Å²) in [6, 6.07) is 20.7. The molecular formula is C24H18O2. The molecular weight excluding hydrogens is 320 g/mol. The summed E-state index contributed by atoms with van der Waals surface area (Å²) in [4.78, 5) is 23.8. The van der Waals surface area contributed by atoms with Crippen molar-refractivity contribution in [1.82, 2.24) is 0 Å². The topological polar surface area (TPSA) is 34.1 Å². The smallest absolute Gasteiger partial charge is 0.159 e. The van der Waals surface area contributed by atoms with Crippen molar-refractivity contribution in [1.29, 1.82) is 0 Å². The Hall–Kier alpha value is -3.00. The average Bonchev–Trinajstić information content (AvgIpc) is 2.66. The number of ketones is 2. The minimum atomic E-state index is 0.0923. The first kappa shape index (κ1) is 15.3. The summed E-state index contributed by atoms with van der Waals surface area (Å²) in [6.45, 7) is 3.23. The lowest BCUT2D eigenvalue weighted by Crippen LogP contribution is -2.28. The van der Waals surface area contributed by atoms with Gasteiger partial charge in [0.05, 0.1) is 0 Å². The van der Waals surface area contributed by atoms with Crippen LogP contribution in [0.3, 0.4) is 0 Å². The highest BCUT2D eigenvalue weighted by Gasteiger charge is 2.41. The Bertz CT molecular complexity index is 1020. The van der Waals surface area contributed by atoms with Crippen LogP contribution in [0.5, 0.6) is 0 Å². The fourth-order valence-corrected chi connectivity index (χ4v) is 4.66. The van der Waals surface area contributed by atoms with E-state index in [0.29, 0.717) is 0 Å². The van der Waals surface area contributed by atoms with E-state index in [1.54, 1.807) is 13.8 Å². The highest BCUT2D eigenvalue weighted by Crippen LogP contribution is 2.55. The summed E-state index contributed by atoms with van der Waals surface area (Å²) in [7, 11) is 0. The maximum Gasteiger partial charge on any atom is 0.159 e. The number of hydrogen-bond donors (Lipinski definition) is 0.